The van der Waals surface area contributed by atoms with E-state index in [0.29, 0.717) is 0 Å². The highest BCUT2D eigenvalue weighted by Gasteiger charge is 2.09. The lowest BCUT2D eigenvalue weighted by molar-refractivity contribution is -0.135. The molecule has 13 heavy (non-hydrogen) atoms. The number of hydrogen-bond donors (Lipinski definition) is 2. The summed E-state index contributed by atoms with van der Waals surface area (Å²) < 4.78 is 0. The number of nitrogens with one attached hydrogen (secondary N) is 1. The molecule has 0 bridgehead atoms. The molecule has 1 aromatic rings. The van der Waals surface area contributed by atoms with Crippen LogP contribution in [0, 0.1) is 0 Å². The van der Waals surface area contributed by atoms with Gasteiger partial charge in [-0.25, -0.2) is 0 Å². The lowest BCUT2D eigenvalue weighted by Crippen LogP contribution is -2.29. The largest absolute Gasteiger partial charge is 0.480 e. The molecule has 0 atom stereocenters. The summed E-state index contributed by atoms with van der Waals surface area (Å²) in [5.41, 5.74) is 0.101. The van der Waals surface area contributed by atoms with Gasteiger partial charge in [-0.2, -0.15) is 9.90 Å². The highest BCUT2D eigenvalue weighted by molar-refractivity contribution is 5.93. The van der Waals surface area contributed by atoms with Gasteiger partial charge >= 0.3 is 5.97 Å². The molecule has 0 fully saturated rings. The molecule has 1 aromatic heterocycles. The SMILES string of the molecule is Cn1ncc(C(=O)NCC(=O)O)n1. The lowest BCUT2D eigenvalue weighted by Gasteiger charge is -1.96. The first-order valence-electron chi connectivity index (χ1n) is 3.46. The molecule has 70 valence electrons. The Balaban J connectivity index is 2.54. The van der Waals surface area contributed by atoms with Crippen LogP contribution in [0.4, 0.5) is 0 Å². The van der Waals surface area contributed by atoms with Gasteiger partial charge < -0.3 is 10.4 Å². The Labute approximate surface area is 73.4 Å². The first kappa shape index (κ1) is 9.17. The van der Waals surface area contributed by atoms with Crippen LogP contribution in [0.3, 0.4) is 0 Å². The van der Waals surface area contributed by atoms with Crippen LogP contribution in [0.15, 0.2) is 6.20 Å². The van der Waals surface area contributed by atoms with Crippen molar-refractivity contribution in [2.75, 3.05) is 6.54 Å². The molecule has 0 saturated carbocycles. The number of amides is 1. The molecule has 0 aliphatic carbocycles. The van der Waals surface area contributed by atoms with E-state index in [9.17, 15) is 9.59 Å². The van der Waals surface area contributed by atoms with Gasteiger partial charge in [0.2, 0.25) is 0 Å². The fourth-order valence-corrected chi connectivity index (χ4v) is 0.696. The van der Waals surface area contributed by atoms with Crippen molar-refractivity contribution < 1.29 is 14.7 Å². The maximum Gasteiger partial charge on any atom is 0.322 e. The number of hydrogen-bond acceptors (Lipinski definition) is 4. The van der Waals surface area contributed by atoms with Crippen molar-refractivity contribution in [3.05, 3.63) is 11.9 Å². The van der Waals surface area contributed by atoms with E-state index < -0.39 is 18.4 Å². The topological polar surface area (TPSA) is 97.1 Å². The van der Waals surface area contributed by atoms with Crippen LogP contribution in [0.1, 0.15) is 10.5 Å². The number of aryl methyl sites for hydroxylation is 1. The second-order valence-electron chi connectivity index (χ2n) is 2.30. The number of aromatic nitrogens is 3. The van der Waals surface area contributed by atoms with Crippen molar-refractivity contribution in [2.45, 2.75) is 0 Å². The Kier molecular flexibility index (Phi) is 2.58. The molecule has 0 aliphatic rings. The molecular formula is C6H8N4O3. The molecule has 0 saturated heterocycles. The molecule has 0 spiro atoms. The van der Waals surface area contributed by atoms with E-state index in [2.05, 4.69) is 15.5 Å². The van der Waals surface area contributed by atoms with Crippen molar-refractivity contribution in [2.24, 2.45) is 7.05 Å². The van der Waals surface area contributed by atoms with Crippen LogP contribution >= 0.6 is 0 Å². The Hall–Kier alpha value is -1.92. The molecule has 7 nitrogen and oxygen atoms in total. The summed E-state index contributed by atoms with van der Waals surface area (Å²) in [4.78, 5) is 22.4. The third kappa shape index (κ3) is 2.55. The number of rotatable bonds is 3. The van der Waals surface area contributed by atoms with Gasteiger partial charge in [-0.15, -0.1) is 5.10 Å². The van der Waals surface area contributed by atoms with Gasteiger partial charge in [0.15, 0.2) is 5.69 Å². The summed E-state index contributed by atoms with van der Waals surface area (Å²) in [7, 11) is 1.56. The minimum Gasteiger partial charge on any atom is -0.480 e. The average molecular weight is 184 g/mol. The molecule has 1 heterocycles. The van der Waals surface area contributed by atoms with Gasteiger partial charge in [-0.05, 0) is 0 Å². The van der Waals surface area contributed by atoms with Crippen LogP contribution in [0.25, 0.3) is 0 Å². The van der Waals surface area contributed by atoms with Gasteiger partial charge in [0.05, 0.1) is 6.20 Å². The zero-order chi connectivity index (χ0) is 9.84. The van der Waals surface area contributed by atoms with Crippen LogP contribution in [0.5, 0.6) is 0 Å². The number of carbonyl (C=O) groups excluding carboxylic acids is 1. The smallest absolute Gasteiger partial charge is 0.322 e. The number of carboxylic acid groups (broad SMARTS) is 1. The van der Waals surface area contributed by atoms with Gasteiger partial charge in [0, 0.05) is 7.05 Å². The second kappa shape index (κ2) is 3.65. The van der Waals surface area contributed by atoms with E-state index in [-0.39, 0.29) is 5.69 Å². The van der Waals surface area contributed by atoms with Crippen molar-refractivity contribution in [1.29, 1.82) is 0 Å². The summed E-state index contributed by atoms with van der Waals surface area (Å²) >= 11 is 0. The van der Waals surface area contributed by atoms with E-state index >= 15 is 0 Å². The van der Waals surface area contributed by atoms with Crippen molar-refractivity contribution >= 4 is 11.9 Å². The molecule has 1 rings (SSSR count). The Morgan fingerprint density at radius 2 is 2.38 bits per heavy atom. The third-order valence-corrected chi connectivity index (χ3v) is 1.23. The quantitative estimate of drug-likeness (QED) is 0.604. The predicted molar refractivity (Wildman–Crippen MR) is 41.0 cm³/mol. The summed E-state index contributed by atoms with van der Waals surface area (Å²) in [6.45, 7) is -0.421. The third-order valence-electron chi connectivity index (χ3n) is 1.23. The molecule has 0 unspecified atom stereocenters. The highest BCUT2D eigenvalue weighted by Crippen LogP contribution is 1.88. The summed E-state index contributed by atoms with van der Waals surface area (Å²) in [5, 5.41) is 17.8. The predicted octanol–water partition coefficient (Wildman–Crippen LogP) is -1.37. The summed E-state index contributed by atoms with van der Waals surface area (Å²) in [5.74, 6) is -1.65. The number of carboxylic acids is 1. The van der Waals surface area contributed by atoms with Gasteiger partial charge in [0.1, 0.15) is 6.54 Å². The van der Waals surface area contributed by atoms with E-state index in [4.69, 9.17) is 5.11 Å². The van der Waals surface area contributed by atoms with E-state index in [1.807, 2.05) is 0 Å². The molecule has 1 amide bonds. The number of nitrogens with zero attached hydrogens (tertiary/aromatic N) is 3. The van der Waals surface area contributed by atoms with Gasteiger partial charge in [-0.3, -0.25) is 9.59 Å². The van der Waals surface area contributed by atoms with Crippen LogP contribution in [0.2, 0.25) is 0 Å². The standard InChI is InChI=1S/C6H8N4O3/c1-10-8-2-4(9-10)6(13)7-3-5(11)12/h2H,3H2,1H3,(H,7,13)(H,11,12). The fraction of sp³-hybridized carbons (Fsp3) is 0.333. The van der Waals surface area contributed by atoms with E-state index in [1.165, 1.54) is 11.0 Å². The Bertz CT molecular complexity index is 332. The zero-order valence-electron chi connectivity index (χ0n) is 6.89. The van der Waals surface area contributed by atoms with Gasteiger partial charge in [-0.1, -0.05) is 0 Å². The first-order valence-corrected chi connectivity index (χ1v) is 3.46. The minimum absolute atomic E-state index is 0.101. The van der Waals surface area contributed by atoms with Crippen LogP contribution in [-0.2, 0) is 11.8 Å². The molecular weight excluding hydrogens is 176 g/mol. The van der Waals surface area contributed by atoms with Crippen LogP contribution < -0.4 is 5.32 Å². The minimum atomic E-state index is -1.10. The van der Waals surface area contributed by atoms with Crippen molar-refractivity contribution in [3.8, 4) is 0 Å². The van der Waals surface area contributed by atoms with Crippen molar-refractivity contribution in [1.82, 2.24) is 20.3 Å². The lowest BCUT2D eigenvalue weighted by atomic mass is 10.4. The monoisotopic (exact) mass is 184 g/mol. The summed E-state index contributed by atoms with van der Waals surface area (Å²) in [6, 6.07) is 0. The Morgan fingerprint density at radius 1 is 1.69 bits per heavy atom. The zero-order valence-corrected chi connectivity index (χ0v) is 6.89. The maximum atomic E-state index is 11.1. The average Bonchev–Trinajstić information content (AvgIpc) is 2.47. The fourth-order valence-electron chi connectivity index (χ4n) is 0.696. The first-order chi connectivity index (χ1) is 6.09. The number of carbonyl (C=O) groups is 2. The molecule has 0 radical (unpaired) electrons. The van der Waals surface area contributed by atoms with E-state index in [0.717, 1.165) is 0 Å². The molecule has 0 aliphatic heterocycles. The van der Waals surface area contributed by atoms with Crippen molar-refractivity contribution in [3.63, 3.8) is 0 Å². The normalized spacial score (nSPS) is 9.62. The molecule has 7 heteroatoms. The van der Waals surface area contributed by atoms with Gasteiger partial charge in [0.25, 0.3) is 5.91 Å². The highest BCUT2D eigenvalue weighted by atomic mass is 16.4. The van der Waals surface area contributed by atoms with Crippen LogP contribution in [-0.4, -0.2) is 38.5 Å². The molecule has 2 N–H and O–H groups in total. The Morgan fingerprint density at radius 3 is 2.85 bits per heavy atom. The summed E-state index contributed by atoms with van der Waals surface area (Å²) in [6.07, 6.45) is 1.26. The van der Waals surface area contributed by atoms with E-state index in [1.54, 1.807) is 7.05 Å². The maximum absolute atomic E-state index is 11.1. The molecule has 0 aromatic carbocycles. The second-order valence-corrected chi connectivity index (χ2v) is 2.30. The number of aliphatic carboxylic acids is 1.